The van der Waals surface area contributed by atoms with Crippen LogP contribution in [0.2, 0.25) is 0 Å². The third-order valence-electron chi connectivity index (χ3n) is 4.63. The Kier molecular flexibility index (Phi) is 5.47. The zero-order chi connectivity index (χ0) is 17.2. The lowest BCUT2D eigenvalue weighted by Gasteiger charge is -2.35. The minimum absolute atomic E-state index is 0.0411. The Balaban J connectivity index is 1.94. The van der Waals surface area contributed by atoms with Crippen molar-refractivity contribution in [2.24, 2.45) is 5.92 Å². The van der Waals surface area contributed by atoms with Gasteiger partial charge in [-0.25, -0.2) is 9.78 Å². The van der Waals surface area contributed by atoms with Crippen molar-refractivity contribution in [2.75, 3.05) is 20.2 Å². The Hall–Kier alpha value is -1.40. The van der Waals surface area contributed by atoms with E-state index in [1.165, 1.54) is 7.11 Å². The van der Waals surface area contributed by atoms with Crippen molar-refractivity contribution in [1.82, 2.24) is 9.88 Å². The summed E-state index contributed by atoms with van der Waals surface area (Å²) < 4.78 is 10.5. The number of aliphatic hydroxyl groups is 1. The fourth-order valence-corrected chi connectivity index (χ4v) is 2.92. The van der Waals surface area contributed by atoms with Crippen LogP contribution in [0.1, 0.15) is 58.2 Å². The first-order valence-corrected chi connectivity index (χ1v) is 8.20. The molecule has 0 bridgehead atoms. The average Bonchev–Trinajstić information content (AvgIpc) is 3.03. The Morgan fingerprint density at radius 2 is 2.04 bits per heavy atom. The standard InChI is InChI=1S/C17H28N2O4/c1-11(15-18-10-13(23-15)17(2,3)4)19-8-6-12(7-9-19)14(20)16(21)22-5/h10-12,14,20H,6-9H2,1-5H3. The maximum atomic E-state index is 11.4. The van der Waals surface area contributed by atoms with Crippen LogP contribution in [0, 0.1) is 5.92 Å². The van der Waals surface area contributed by atoms with Gasteiger partial charge < -0.3 is 14.3 Å². The number of rotatable bonds is 4. The highest BCUT2D eigenvalue weighted by Crippen LogP contribution is 2.30. The molecule has 0 amide bonds. The molecule has 2 heterocycles. The van der Waals surface area contributed by atoms with Gasteiger partial charge in [-0.2, -0.15) is 0 Å². The molecule has 1 aliphatic rings. The van der Waals surface area contributed by atoms with Gasteiger partial charge in [0.25, 0.3) is 0 Å². The Morgan fingerprint density at radius 1 is 1.43 bits per heavy atom. The molecule has 0 aromatic carbocycles. The van der Waals surface area contributed by atoms with Crippen molar-refractivity contribution < 1.29 is 19.1 Å². The third-order valence-corrected chi connectivity index (χ3v) is 4.63. The number of esters is 1. The number of aliphatic hydroxyl groups excluding tert-OH is 1. The van der Waals surface area contributed by atoms with Gasteiger partial charge in [-0.05, 0) is 38.8 Å². The lowest BCUT2D eigenvalue weighted by molar-refractivity contribution is -0.154. The summed E-state index contributed by atoms with van der Waals surface area (Å²) in [6.07, 6.45) is 2.30. The molecule has 2 atom stereocenters. The van der Waals surface area contributed by atoms with E-state index in [0.717, 1.165) is 37.6 Å². The van der Waals surface area contributed by atoms with E-state index in [2.05, 4.69) is 42.3 Å². The van der Waals surface area contributed by atoms with Crippen LogP contribution in [0.25, 0.3) is 0 Å². The molecule has 0 aliphatic carbocycles. The highest BCUT2D eigenvalue weighted by Gasteiger charge is 2.33. The molecule has 0 radical (unpaired) electrons. The second kappa shape index (κ2) is 7.01. The molecule has 2 rings (SSSR count). The zero-order valence-electron chi connectivity index (χ0n) is 14.7. The molecule has 2 unspecified atom stereocenters. The highest BCUT2D eigenvalue weighted by atomic mass is 16.5. The van der Waals surface area contributed by atoms with E-state index < -0.39 is 12.1 Å². The monoisotopic (exact) mass is 324 g/mol. The first kappa shape index (κ1) is 17.9. The summed E-state index contributed by atoms with van der Waals surface area (Å²) in [4.78, 5) is 18.1. The van der Waals surface area contributed by atoms with E-state index in [0.29, 0.717) is 0 Å². The van der Waals surface area contributed by atoms with Crippen LogP contribution in [0.3, 0.4) is 0 Å². The molecule has 1 saturated heterocycles. The third kappa shape index (κ3) is 4.12. The minimum Gasteiger partial charge on any atom is -0.467 e. The number of aromatic nitrogens is 1. The van der Waals surface area contributed by atoms with Gasteiger partial charge in [0.2, 0.25) is 5.89 Å². The maximum absolute atomic E-state index is 11.4. The number of carbonyl (C=O) groups is 1. The fourth-order valence-electron chi connectivity index (χ4n) is 2.92. The van der Waals surface area contributed by atoms with Gasteiger partial charge in [-0.3, -0.25) is 4.90 Å². The summed E-state index contributed by atoms with van der Waals surface area (Å²) >= 11 is 0. The number of ether oxygens (including phenoxy) is 1. The van der Waals surface area contributed by atoms with Gasteiger partial charge in [-0.1, -0.05) is 20.8 Å². The molecular weight excluding hydrogens is 296 g/mol. The largest absolute Gasteiger partial charge is 0.467 e. The fraction of sp³-hybridized carbons (Fsp3) is 0.765. The zero-order valence-corrected chi connectivity index (χ0v) is 14.7. The summed E-state index contributed by atoms with van der Waals surface area (Å²) in [7, 11) is 1.30. The molecule has 1 aromatic heterocycles. The van der Waals surface area contributed by atoms with Crippen molar-refractivity contribution in [3.63, 3.8) is 0 Å². The summed E-state index contributed by atoms with van der Waals surface area (Å²) in [6, 6.07) is 0.0855. The Labute approximate surface area is 137 Å². The van der Waals surface area contributed by atoms with Crippen LogP contribution in [-0.2, 0) is 14.9 Å². The molecule has 130 valence electrons. The van der Waals surface area contributed by atoms with E-state index in [-0.39, 0.29) is 17.4 Å². The van der Waals surface area contributed by atoms with Crippen molar-refractivity contribution in [2.45, 2.75) is 58.1 Å². The van der Waals surface area contributed by atoms with Gasteiger partial charge in [0.1, 0.15) is 5.76 Å². The molecule has 0 saturated carbocycles. The number of piperidine rings is 1. The Morgan fingerprint density at radius 3 is 2.52 bits per heavy atom. The quantitative estimate of drug-likeness (QED) is 0.856. The normalized spacial score (nSPS) is 20.3. The summed E-state index contributed by atoms with van der Waals surface area (Å²) in [5, 5.41) is 9.95. The summed E-state index contributed by atoms with van der Waals surface area (Å²) in [5.41, 5.74) is -0.0530. The number of carbonyl (C=O) groups excluding carboxylic acids is 1. The summed E-state index contributed by atoms with van der Waals surface area (Å²) in [6.45, 7) is 9.97. The smallest absolute Gasteiger partial charge is 0.334 e. The number of methoxy groups -OCH3 is 1. The molecule has 1 aromatic rings. The van der Waals surface area contributed by atoms with Crippen molar-refractivity contribution >= 4 is 5.97 Å². The molecule has 0 spiro atoms. The van der Waals surface area contributed by atoms with Gasteiger partial charge >= 0.3 is 5.97 Å². The molecule has 6 nitrogen and oxygen atoms in total. The van der Waals surface area contributed by atoms with Crippen molar-refractivity contribution in [1.29, 1.82) is 0 Å². The van der Waals surface area contributed by atoms with E-state index in [1.54, 1.807) is 6.20 Å². The SMILES string of the molecule is COC(=O)C(O)C1CCN(C(C)c2ncc(C(C)(C)C)o2)CC1. The topological polar surface area (TPSA) is 75.8 Å². The predicted octanol–water partition coefficient (Wildman–Crippen LogP) is 2.28. The van der Waals surface area contributed by atoms with Gasteiger partial charge in [0, 0.05) is 5.41 Å². The molecule has 6 heteroatoms. The molecule has 1 aliphatic heterocycles. The van der Waals surface area contributed by atoms with E-state index in [4.69, 9.17) is 4.42 Å². The van der Waals surface area contributed by atoms with Crippen LogP contribution < -0.4 is 0 Å². The lowest BCUT2D eigenvalue weighted by Crippen LogP contribution is -2.41. The number of oxazole rings is 1. The second-order valence-corrected chi connectivity index (χ2v) is 7.33. The molecule has 23 heavy (non-hydrogen) atoms. The van der Waals surface area contributed by atoms with Crippen molar-refractivity contribution in [3.8, 4) is 0 Å². The maximum Gasteiger partial charge on any atom is 0.334 e. The van der Waals surface area contributed by atoms with Gasteiger partial charge in [0.15, 0.2) is 6.10 Å². The van der Waals surface area contributed by atoms with E-state index >= 15 is 0 Å². The number of likely N-dealkylation sites (tertiary alicyclic amines) is 1. The number of hydrogen-bond acceptors (Lipinski definition) is 6. The average molecular weight is 324 g/mol. The summed E-state index contributed by atoms with van der Waals surface area (Å²) in [5.74, 6) is 1.02. The number of nitrogens with zero attached hydrogens (tertiary/aromatic N) is 2. The van der Waals surface area contributed by atoms with Crippen LogP contribution in [0.5, 0.6) is 0 Å². The van der Waals surface area contributed by atoms with Crippen LogP contribution in [-0.4, -0.2) is 47.3 Å². The van der Waals surface area contributed by atoms with E-state index in [9.17, 15) is 9.90 Å². The second-order valence-electron chi connectivity index (χ2n) is 7.33. The predicted molar refractivity (Wildman–Crippen MR) is 85.9 cm³/mol. The minimum atomic E-state index is -1.02. The van der Waals surface area contributed by atoms with Crippen LogP contribution in [0.4, 0.5) is 0 Å². The van der Waals surface area contributed by atoms with Gasteiger partial charge in [-0.15, -0.1) is 0 Å². The van der Waals surface area contributed by atoms with Gasteiger partial charge in [0.05, 0.1) is 19.3 Å². The molecule has 1 fully saturated rings. The van der Waals surface area contributed by atoms with Crippen LogP contribution in [0.15, 0.2) is 10.6 Å². The molecule has 1 N–H and O–H groups in total. The number of hydrogen-bond donors (Lipinski definition) is 1. The van der Waals surface area contributed by atoms with Crippen molar-refractivity contribution in [3.05, 3.63) is 17.8 Å². The van der Waals surface area contributed by atoms with E-state index in [1.807, 2.05) is 0 Å². The highest BCUT2D eigenvalue weighted by molar-refractivity contribution is 5.74. The Bertz CT molecular complexity index is 527. The molecular formula is C17H28N2O4. The van der Waals surface area contributed by atoms with Crippen LogP contribution >= 0.6 is 0 Å². The first-order chi connectivity index (χ1) is 10.7. The first-order valence-electron chi connectivity index (χ1n) is 8.20. The lowest BCUT2D eigenvalue weighted by atomic mass is 9.90.